The predicted octanol–water partition coefficient (Wildman–Crippen LogP) is 2.76. The van der Waals surface area contributed by atoms with Gasteiger partial charge in [0.1, 0.15) is 5.60 Å². The maximum absolute atomic E-state index is 9.49. The molecule has 5 heteroatoms. The fourth-order valence-electron chi connectivity index (χ4n) is 6.33. The molecule has 1 aromatic carbocycles. The summed E-state index contributed by atoms with van der Waals surface area (Å²) in [4.78, 5) is 11.7. The van der Waals surface area contributed by atoms with E-state index in [9.17, 15) is 10.0 Å². The molecule has 5 fully saturated rings. The van der Waals surface area contributed by atoms with Crippen LogP contribution in [0.1, 0.15) is 58.4 Å². The van der Waals surface area contributed by atoms with Gasteiger partial charge in [-0.05, 0) is 73.7 Å². The van der Waals surface area contributed by atoms with E-state index < -0.39 is 12.7 Å². The zero-order valence-corrected chi connectivity index (χ0v) is 15.4. The van der Waals surface area contributed by atoms with E-state index in [2.05, 4.69) is 6.92 Å². The summed E-state index contributed by atoms with van der Waals surface area (Å²) in [6.07, 6.45) is 6.44. The Morgan fingerprint density at radius 3 is 2.04 bits per heavy atom. The van der Waals surface area contributed by atoms with Crippen LogP contribution in [0.4, 0.5) is 0 Å². The molecule has 5 aliphatic rings. The number of rotatable bonds is 2. The molecule has 1 atom stereocenters. The van der Waals surface area contributed by atoms with E-state index in [-0.39, 0.29) is 5.60 Å². The van der Waals surface area contributed by atoms with Gasteiger partial charge in [-0.25, -0.2) is 9.78 Å². The number of benzene rings is 1. The predicted molar refractivity (Wildman–Crippen MR) is 96.9 cm³/mol. The van der Waals surface area contributed by atoms with Crippen molar-refractivity contribution in [2.75, 3.05) is 0 Å². The molecule has 4 nitrogen and oxygen atoms in total. The zero-order valence-electron chi connectivity index (χ0n) is 15.4. The summed E-state index contributed by atoms with van der Waals surface area (Å²) in [5, 5.41) is 19.0. The molecule has 2 N–H and O–H groups in total. The van der Waals surface area contributed by atoms with Crippen LogP contribution in [-0.4, -0.2) is 22.8 Å². The molecule has 1 heterocycles. The van der Waals surface area contributed by atoms with Crippen molar-refractivity contribution < 1.29 is 19.8 Å². The Labute approximate surface area is 150 Å². The summed E-state index contributed by atoms with van der Waals surface area (Å²) < 4.78 is 0. The van der Waals surface area contributed by atoms with Gasteiger partial charge in [-0.2, -0.15) is 0 Å². The van der Waals surface area contributed by atoms with Gasteiger partial charge >= 0.3 is 7.12 Å². The molecule has 1 spiro atoms. The minimum atomic E-state index is -1.45. The van der Waals surface area contributed by atoms with Crippen molar-refractivity contribution in [3.63, 3.8) is 0 Å². The van der Waals surface area contributed by atoms with Crippen molar-refractivity contribution >= 4 is 12.6 Å². The van der Waals surface area contributed by atoms with Gasteiger partial charge in [-0.1, -0.05) is 38.1 Å². The van der Waals surface area contributed by atoms with Gasteiger partial charge in [0.25, 0.3) is 0 Å². The van der Waals surface area contributed by atoms with Crippen molar-refractivity contribution in [1.29, 1.82) is 0 Å². The van der Waals surface area contributed by atoms with E-state index >= 15 is 0 Å². The lowest BCUT2D eigenvalue weighted by Crippen LogP contribution is -2.75. The summed E-state index contributed by atoms with van der Waals surface area (Å²) in [6.45, 7) is 6.13. The smallest absolute Gasteiger partial charge is 0.423 e. The van der Waals surface area contributed by atoms with E-state index in [1.807, 2.05) is 32.0 Å². The summed E-state index contributed by atoms with van der Waals surface area (Å²) in [5.74, 6) is 2.89. The van der Waals surface area contributed by atoms with Gasteiger partial charge in [0.2, 0.25) is 0 Å². The van der Waals surface area contributed by atoms with Crippen molar-refractivity contribution in [3.8, 4) is 0 Å². The minimum Gasteiger partial charge on any atom is -0.423 e. The van der Waals surface area contributed by atoms with Gasteiger partial charge in [0.15, 0.2) is 5.60 Å². The van der Waals surface area contributed by atoms with Crippen molar-refractivity contribution in [2.24, 2.45) is 23.7 Å². The molecular weight excluding hydrogens is 315 g/mol. The van der Waals surface area contributed by atoms with Crippen LogP contribution < -0.4 is 5.46 Å². The Kier molecular flexibility index (Phi) is 4.27. The number of hydrogen-bond donors (Lipinski definition) is 2. The molecule has 136 valence electrons. The highest BCUT2D eigenvalue weighted by Crippen LogP contribution is 2.68. The van der Waals surface area contributed by atoms with E-state index in [0.717, 1.165) is 17.4 Å². The summed E-state index contributed by atoms with van der Waals surface area (Å²) in [5.41, 5.74) is 0.806. The lowest BCUT2D eigenvalue weighted by molar-refractivity contribution is -0.590. The summed E-state index contributed by atoms with van der Waals surface area (Å²) in [6, 6.07) is 7.50. The second kappa shape index (κ2) is 6.09. The highest BCUT2D eigenvalue weighted by molar-refractivity contribution is 6.58. The topological polar surface area (TPSA) is 58.9 Å². The van der Waals surface area contributed by atoms with E-state index in [1.54, 1.807) is 6.07 Å². The average molecular weight is 344 g/mol. The highest BCUT2D eigenvalue weighted by atomic mass is 17.3. The Morgan fingerprint density at radius 2 is 1.56 bits per heavy atom. The Bertz CT molecular complexity index is 618. The van der Waals surface area contributed by atoms with Crippen molar-refractivity contribution in [1.82, 2.24) is 0 Å². The molecule has 1 saturated heterocycles. The molecule has 1 aromatic rings. The van der Waals surface area contributed by atoms with E-state index in [0.29, 0.717) is 17.3 Å². The first kappa shape index (κ1) is 17.5. The fourth-order valence-corrected chi connectivity index (χ4v) is 6.33. The van der Waals surface area contributed by atoms with Crippen molar-refractivity contribution in [3.05, 3.63) is 29.8 Å². The lowest BCUT2D eigenvalue weighted by atomic mass is 9.45. The maximum atomic E-state index is 9.49. The third kappa shape index (κ3) is 2.29. The third-order valence-corrected chi connectivity index (χ3v) is 7.18. The van der Waals surface area contributed by atoms with Gasteiger partial charge in [0, 0.05) is 0 Å². The van der Waals surface area contributed by atoms with Crippen molar-refractivity contribution in [2.45, 2.75) is 64.1 Å². The van der Waals surface area contributed by atoms with Crippen LogP contribution in [0.2, 0.25) is 0 Å². The Hall–Kier alpha value is -0.875. The third-order valence-electron chi connectivity index (χ3n) is 7.18. The van der Waals surface area contributed by atoms with Gasteiger partial charge in [0.05, 0.1) is 0 Å². The molecule has 1 aliphatic heterocycles. The summed E-state index contributed by atoms with van der Waals surface area (Å²) >= 11 is 0. The molecule has 0 aromatic heterocycles. The highest BCUT2D eigenvalue weighted by Gasteiger charge is 2.73. The summed E-state index contributed by atoms with van der Waals surface area (Å²) in [7, 11) is -1.45. The van der Waals surface area contributed by atoms with Gasteiger partial charge < -0.3 is 10.0 Å². The largest absolute Gasteiger partial charge is 0.488 e. The van der Waals surface area contributed by atoms with E-state index in [4.69, 9.17) is 9.78 Å². The van der Waals surface area contributed by atoms with Crippen LogP contribution >= 0.6 is 0 Å². The van der Waals surface area contributed by atoms with E-state index in [1.165, 1.54) is 32.1 Å². The molecule has 25 heavy (non-hydrogen) atoms. The standard InChI is InChI=1S/C18H23BO4.C2H6/c1-17(13-3-2-4-16(10-13)19(20)21)18(23-22-17)14-6-11-5-12(8-14)9-15(18)7-11;1-2/h2-4,10-12,14-15,20-21H,5-9H2,1H3;1-2H3. The maximum Gasteiger partial charge on any atom is 0.488 e. The molecule has 4 bridgehead atoms. The Morgan fingerprint density at radius 1 is 0.960 bits per heavy atom. The van der Waals surface area contributed by atoms with Gasteiger partial charge in [-0.3, -0.25) is 0 Å². The molecule has 1 unspecified atom stereocenters. The molecule has 6 rings (SSSR count). The zero-order chi connectivity index (χ0) is 17.8. The molecule has 0 radical (unpaired) electrons. The van der Waals surface area contributed by atoms with Crippen LogP contribution in [-0.2, 0) is 15.4 Å². The van der Waals surface area contributed by atoms with Crippen LogP contribution in [0.5, 0.6) is 0 Å². The Balaban J connectivity index is 0.000000758. The molecule has 4 aliphatic carbocycles. The molecular formula is C20H29BO4. The number of hydrogen-bond acceptors (Lipinski definition) is 4. The van der Waals surface area contributed by atoms with Crippen LogP contribution in [0.3, 0.4) is 0 Å². The molecule has 4 saturated carbocycles. The first-order chi connectivity index (χ1) is 12.0. The SMILES string of the molecule is CC.CC1(c2cccc(B(O)O)c2)OOC12C1CC3CC(C1)CC2C3. The monoisotopic (exact) mass is 344 g/mol. The lowest BCUT2D eigenvalue weighted by Gasteiger charge is -2.69. The van der Waals surface area contributed by atoms with Crippen LogP contribution in [0.25, 0.3) is 0 Å². The van der Waals surface area contributed by atoms with Crippen LogP contribution in [0, 0.1) is 23.7 Å². The first-order valence-corrected chi connectivity index (χ1v) is 9.86. The second-order valence-corrected chi connectivity index (χ2v) is 8.30. The molecule has 0 amide bonds. The normalized spacial score (nSPS) is 43.4. The quantitative estimate of drug-likeness (QED) is 0.640. The second-order valence-electron chi connectivity index (χ2n) is 8.30. The minimum absolute atomic E-state index is 0.223. The van der Waals surface area contributed by atoms with Gasteiger partial charge in [-0.15, -0.1) is 0 Å². The first-order valence-electron chi connectivity index (χ1n) is 9.86. The fraction of sp³-hybridized carbons (Fsp3) is 0.700. The van der Waals surface area contributed by atoms with Crippen LogP contribution in [0.15, 0.2) is 24.3 Å². The average Bonchev–Trinajstić information content (AvgIpc) is 2.61.